The van der Waals surface area contributed by atoms with Crippen molar-refractivity contribution in [2.24, 2.45) is 0 Å². The molecule has 0 atom stereocenters. The zero-order chi connectivity index (χ0) is 18.3. The SMILES string of the molecule is O=C(NCCN1CCCC1)c1sc(=S)n2c1[nH]c(=O)c1cc(Br)ccc12. The predicted molar refractivity (Wildman–Crippen MR) is 110 cm³/mol. The van der Waals surface area contributed by atoms with Gasteiger partial charge in [-0.25, -0.2) is 0 Å². The molecule has 3 heterocycles. The van der Waals surface area contributed by atoms with E-state index in [1.165, 1.54) is 24.2 Å². The molecule has 136 valence electrons. The topological polar surface area (TPSA) is 69.6 Å². The number of H-pyrrole nitrogens is 1. The number of nitrogens with one attached hydrogen (secondary N) is 2. The van der Waals surface area contributed by atoms with E-state index in [1.807, 2.05) is 12.1 Å². The fraction of sp³-hybridized carbons (Fsp3) is 0.353. The minimum absolute atomic E-state index is 0.199. The molecule has 6 nitrogen and oxygen atoms in total. The molecule has 0 spiro atoms. The summed E-state index contributed by atoms with van der Waals surface area (Å²) in [4.78, 5) is 30.7. The fourth-order valence-corrected chi connectivity index (χ4v) is 4.99. The Morgan fingerprint density at radius 1 is 1.35 bits per heavy atom. The van der Waals surface area contributed by atoms with Crippen LogP contribution in [-0.4, -0.2) is 46.4 Å². The highest BCUT2D eigenvalue weighted by Crippen LogP contribution is 2.24. The lowest BCUT2D eigenvalue weighted by Crippen LogP contribution is -2.33. The quantitative estimate of drug-likeness (QED) is 0.596. The number of carbonyl (C=O) groups is 1. The van der Waals surface area contributed by atoms with Gasteiger partial charge in [0, 0.05) is 17.6 Å². The Hall–Kier alpha value is -1.55. The second kappa shape index (κ2) is 7.22. The molecule has 1 fully saturated rings. The second-order valence-electron chi connectivity index (χ2n) is 6.30. The largest absolute Gasteiger partial charge is 0.350 e. The van der Waals surface area contributed by atoms with Crippen molar-refractivity contribution in [3.8, 4) is 0 Å². The number of likely N-dealkylation sites (tertiary alicyclic amines) is 1. The number of aromatic nitrogens is 2. The van der Waals surface area contributed by atoms with Gasteiger partial charge >= 0.3 is 0 Å². The molecule has 1 saturated heterocycles. The highest BCUT2D eigenvalue weighted by atomic mass is 79.9. The number of fused-ring (bicyclic) bond motifs is 3. The number of carbonyl (C=O) groups excluding carboxylic acids is 1. The Morgan fingerprint density at radius 2 is 2.12 bits per heavy atom. The number of amides is 1. The molecule has 0 aliphatic carbocycles. The molecule has 3 aromatic rings. The van der Waals surface area contributed by atoms with Crippen LogP contribution in [0.4, 0.5) is 0 Å². The molecule has 1 aliphatic heterocycles. The lowest BCUT2D eigenvalue weighted by molar-refractivity contribution is 0.0955. The van der Waals surface area contributed by atoms with Crippen LogP contribution in [0.5, 0.6) is 0 Å². The average Bonchev–Trinajstić information content (AvgIpc) is 3.23. The first kappa shape index (κ1) is 17.8. The molecule has 0 bridgehead atoms. The summed E-state index contributed by atoms with van der Waals surface area (Å²) in [6, 6.07) is 5.44. The zero-order valence-corrected chi connectivity index (χ0v) is 17.1. The highest BCUT2D eigenvalue weighted by molar-refractivity contribution is 9.10. The van der Waals surface area contributed by atoms with Crippen LogP contribution in [0, 0.1) is 3.95 Å². The summed E-state index contributed by atoms with van der Waals surface area (Å²) in [6.07, 6.45) is 2.45. The van der Waals surface area contributed by atoms with Crippen LogP contribution in [0.15, 0.2) is 27.5 Å². The summed E-state index contributed by atoms with van der Waals surface area (Å²) >= 11 is 10.1. The normalized spacial score (nSPS) is 15.1. The van der Waals surface area contributed by atoms with E-state index in [2.05, 4.69) is 31.1 Å². The van der Waals surface area contributed by atoms with Gasteiger partial charge in [0.15, 0.2) is 3.95 Å². The van der Waals surface area contributed by atoms with E-state index in [1.54, 1.807) is 10.5 Å². The van der Waals surface area contributed by atoms with Crippen LogP contribution in [0.2, 0.25) is 0 Å². The van der Waals surface area contributed by atoms with Gasteiger partial charge in [-0.2, -0.15) is 0 Å². The molecule has 2 N–H and O–H groups in total. The molecule has 4 rings (SSSR count). The Morgan fingerprint density at radius 3 is 2.88 bits per heavy atom. The number of hydrogen-bond donors (Lipinski definition) is 2. The maximum atomic E-state index is 12.6. The van der Waals surface area contributed by atoms with E-state index in [-0.39, 0.29) is 11.5 Å². The zero-order valence-electron chi connectivity index (χ0n) is 13.9. The van der Waals surface area contributed by atoms with Gasteiger partial charge in [-0.1, -0.05) is 27.3 Å². The molecular weight excluding hydrogens is 436 g/mol. The third-order valence-electron chi connectivity index (χ3n) is 4.61. The lowest BCUT2D eigenvalue weighted by atomic mass is 10.2. The number of thiazole rings is 1. The Kier molecular flexibility index (Phi) is 4.96. The molecule has 2 aromatic heterocycles. The molecule has 1 aromatic carbocycles. The van der Waals surface area contributed by atoms with Crippen molar-refractivity contribution in [3.05, 3.63) is 41.9 Å². The minimum atomic E-state index is -0.236. The van der Waals surface area contributed by atoms with Crippen LogP contribution in [-0.2, 0) is 0 Å². The van der Waals surface area contributed by atoms with E-state index in [0.29, 0.717) is 31.9 Å². The van der Waals surface area contributed by atoms with Gasteiger partial charge in [0.1, 0.15) is 10.5 Å². The first-order valence-corrected chi connectivity index (χ1v) is 10.4. The molecular formula is C17H17BrN4O2S2. The molecule has 26 heavy (non-hydrogen) atoms. The number of benzene rings is 1. The summed E-state index contributed by atoms with van der Waals surface area (Å²) in [7, 11) is 0. The maximum absolute atomic E-state index is 12.6. The van der Waals surface area contributed by atoms with E-state index in [4.69, 9.17) is 12.2 Å². The third-order valence-corrected chi connectivity index (χ3v) is 6.47. The number of hydrogen-bond acceptors (Lipinski definition) is 5. The summed E-state index contributed by atoms with van der Waals surface area (Å²) in [6.45, 7) is 3.62. The van der Waals surface area contributed by atoms with Crippen molar-refractivity contribution < 1.29 is 4.79 Å². The lowest BCUT2D eigenvalue weighted by Gasteiger charge is -2.14. The van der Waals surface area contributed by atoms with Gasteiger partial charge < -0.3 is 15.2 Å². The van der Waals surface area contributed by atoms with Gasteiger partial charge in [-0.3, -0.25) is 14.0 Å². The van der Waals surface area contributed by atoms with Crippen molar-refractivity contribution >= 4 is 61.9 Å². The first-order valence-electron chi connectivity index (χ1n) is 8.42. The van der Waals surface area contributed by atoms with Crippen LogP contribution in [0.1, 0.15) is 22.5 Å². The number of rotatable bonds is 4. The van der Waals surface area contributed by atoms with Gasteiger partial charge in [-0.05, 0) is 56.3 Å². The highest BCUT2D eigenvalue weighted by Gasteiger charge is 2.18. The standard InChI is InChI=1S/C17H17BrN4O2S2/c18-10-3-4-12-11(9-10)15(23)20-14-13(26-17(25)22(12)14)16(24)19-5-8-21-6-1-2-7-21/h3-4,9H,1-2,5-8H2,(H,19,24)(H,20,23). The third kappa shape index (κ3) is 3.24. The minimum Gasteiger partial charge on any atom is -0.350 e. The number of nitrogens with zero attached hydrogens (tertiary/aromatic N) is 2. The van der Waals surface area contributed by atoms with Gasteiger partial charge in [-0.15, -0.1) is 0 Å². The molecule has 1 amide bonds. The van der Waals surface area contributed by atoms with Crippen molar-refractivity contribution in [2.75, 3.05) is 26.2 Å². The molecule has 1 aliphatic rings. The number of halogens is 1. The van der Waals surface area contributed by atoms with Gasteiger partial charge in [0.2, 0.25) is 0 Å². The van der Waals surface area contributed by atoms with Crippen LogP contribution >= 0.6 is 39.5 Å². The molecule has 0 saturated carbocycles. The van der Waals surface area contributed by atoms with E-state index >= 15 is 0 Å². The summed E-state index contributed by atoms with van der Waals surface area (Å²) in [5.74, 6) is -0.199. The molecule has 9 heteroatoms. The second-order valence-corrected chi connectivity index (χ2v) is 8.86. The Balaban J connectivity index is 1.68. The van der Waals surface area contributed by atoms with Crippen molar-refractivity contribution in [1.29, 1.82) is 0 Å². The predicted octanol–water partition coefficient (Wildman–Crippen LogP) is 3.16. The van der Waals surface area contributed by atoms with E-state index in [0.717, 1.165) is 24.1 Å². The monoisotopic (exact) mass is 452 g/mol. The summed E-state index contributed by atoms with van der Waals surface area (Å²) in [5, 5.41) is 3.48. The van der Waals surface area contributed by atoms with Crippen molar-refractivity contribution in [1.82, 2.24) is 19.6 Å². The summed E-state index contributed by atoms with van der Waals surface area (Å²) < 4.78 is 3.11. The van der Waals surface area contributed by atoms with Gasteiger partial charge in [0.05, 0.1) is 10.9 Å². The average molecular weight is 453 g/mol. The Labute approximate surface area is 167 Å². The maximum Gasteiger partial charge on any atom is 0.265 e. The van der Waals surface area contributed by atoms with E-state index < -0.39 is 0 Å². The number of aromatic amines is 1. The van der Waals surface area contributed by atoms with Crippen LogP contribution in [0.3, 0.4) is 0 Å². The fourth-order valence-electron chi connectivity index (χ4n) is 3.33. The van der Waals surface area contributed by atoms with Crippen molar-refractivity contribution in [3.63, 3.8) is 0 Å². The van der Waals surface area contributed by atoms with E-state index in [9.17, 15) is 9.59 Å². The molecule has 0 radical (unpaired) electrons. The summed E-state index contributed by atoms with van der Waals surface area (Å²) in [5.41, 5.74) is 0.919. The van der Waals surface area contributed by atoms with Crippen molar-refractivity contribution in [2.45, 2.75) is 12.8 Å². The van der Waals surface area contributed by atoms with Crippen LogP contribution in [0.25, 0.3) is 16.6 Å². The van der Waals surface area contributed by atoms with Crippen LogP contribution < -0.4 is 10.9 Å². The van der Waals surface area contributed by atoms with Gasteiger partial charge in [0.25, 0.3) is 11.5 Å². The smallest absolute Gasteiger partial charge is 0.265 e. The Bertz CT molecular complexity index is 1110. The molecule has 0 unspecified atom stereocenters. The first-order chi connectivity index (χ1) is 12.5.